The molecule has 1 N–H and O–H groups in total. The number of hydrogen-bond donors (Lipinski definition) is 1. The summed E-state index contributed by atoms with van der Waals surface area (Å²) in [5.74, 6) is 0.0416. The molecule has 0 aromatic heterocycles. The Morgan fingerprint density at radius 1 is 1.31 bits per heavy atom. The van der Waals surface area contributed by atoms with E-state index in [-0.39, 0.29) is 5.92 Å². The highest BCUT2D eigenvalue weighted by Crippen LogP contribution is 2.22. The normalized spacial score (nSPS) is 15.9. The van der Waals surface area contributed by atoms with Crippen molar-refractivity contribution in [3.8, 4) is 0 Å². The molecule has 1 rings (SSSR count). The number of rotatable bonds is 3. The van der Waals surface area contributed by atoms with Gasteiger partial charge in [0.25, 0.3) is 0 Å². The summed E-state index contributed by atoms with van der Waals surface area (Å²) in [4.78, 5) is 0. The Labute approximate surface area is 83.7 Å². The third kappa shape index (κ3) is 2.87. The fourth-order valence-electron chi connectivity index (χ4n) is 1.17. The zero-order chi connectivity index (χ0) is 9.68. The Kier molecular flexibility index (Phi) is 4.00. The molecule has 0 amide bonds. The van der Waals surface area contributed by atoms with Crippen molar-refractivity contribution >= 4 is 11.6 Å². The predicted molar refractivity (Wildman–Crippen MR) is 55.6 cm³/mol. The molecule has 13 heavy (non-hydrogen) atoms. The maximum absolute atomic E-state index is 9.81. The first-order chi connectivity index (χ1) is 6.25. The molecule has 2 atom stereocenters. The van der Waals surface area contributed by atoms with Gasteiger partial charge in [-0.15, -0.1) is 0 Å². The molecule has 0 fully saturated rings. The molecule has 0 saturated heterocycles. The van der Waals surface area contributed by atoms with Crippen LogP contribution in [-0.2, 0) is 0 Å². The van der Waals surface area contributed by atoms with Crippen molar-refractivity contribution < 1.29 is 5.11 Å². The van der Waals surface area contributed by atoms with Crippen molar-refractivity contribution in [1.29, 1.82) is 0 Å². The molecule has 1 aromatic carbocycles. The minimum absolute atomic E-state index is 0.0416. The molecule has 1 aromatic rings. The average molecular weight is 197 g/mol. The molecule has 0 aliphatic carbocycles. The number of aliphatic hydroxyl groups is 1. The molecule has 0 aliphatic heterocycles. The number of benzene rings is 1. The van der Waals surface area contributed by atoms with Gasteiger partial charge in [-0.3, -0.25) is 0 Å². The van der Waals surface area contributed by atoms with Crippen LogP contribution in [0, 0.1) is 5.92 Å². The Morgan fingerprint density at radius 2 is 1.92 bits per heavy atom. The molecular weight excluding hydrogens is 184 g/mol. The molecule has 0 bridgehead atoms. The van der Waals surface area contributed by atoms with Crippen molar-refractivity contribution in [1.82, 2.24) is 0 Å². The van der Waals surface area contributed by atoms with Crippen molar-refractivity contribution in [2.75, 3.05) is 0 Å². The number of aliphatic hydroxyl groups excluding tert-OH is 1. The summed E-state index contributed by atoms with van der Waals surface area (Å²) >= 11 is 5.44. The lowest BCUT2D eigenvalue weighted by Gasteiger charge is -2.15. The van der Waals surface area contributed by atoms with Crippen LogP contribution in [0.4, 0.5) is 0 Å². The Bertz CT molecular complexity index is 269. The van der Waals surface area contributed by atoms with Gasteiger partial charge in [0.15, 0.2) is 0 Å². The Morgan fingerprint density at radius 3 is 2.46 bits per heavy atom. The molecule has 0 aliphatic rings. The van der Waals surface area contributed by atoms with Crippen molar-refractivity contribution in [3.05, 3.63) is 47.5 Å². The van der Waals surface area contributed by atoms with Gasteiger partial charge in [0.05, 0.1) is 6.10 Å². The van der Waals surface area contributed by atoms with Crippen LogP contribution < -0.4 is 0 Å². The lowest BCUT2D eigenvalue weighted by Crippen LogP contribution is -2.05. The third-order valence-electron chi connectivity index (χ3n) is 2.02. The maximum Gasteiger partial charge on any atom is 0.0850 e. The molecule has 1 nitrogen and oxygen atoms in total. The number of halogens is 1. The van der Waals surface area contributed by atoms with Crippen LogP contribution >= 0.6 is 11.6 Å². The summed E-state index contributed by atoms with van der Waals surface area (Å²) < 4.78 is 0. The standard InChI is InChI=1S/C11H13ClO/c1-9(7-8-12)11(13)10-5-3-2-4-6-10/h2-9,11,13H,1H3/b8-7-. The molecular formula is C11H13ClO. The van der Waals surface area contributed by atoms with E-state index in [9.17, 15) is 5.11 Å². The van der Waals surface area contributed by atoms with Gasteiger partial charge in [-0.25, -0.2) is 0 Å². The fourth-order valence-corrected chi connectivity index (χ4v) is 1.40. The van der Waals surface area contributed by atoms with Gasteiger partial charge in [0.2, 0.25) is 0 Å². The van der Waals surface area contributed by atoms with Crippen LogP contribution in [0.25, 0.3) is 0 Å². The van der Waals surface area contributed by atoms with Crippen LogP contribution in [0.2, 0.25) is 0 Å². The van der Waals surface area contributed by atoms with Crippen LogP contribution in [-0.4, -0.2) is 5.11 Å². The summed E-state index contributed by atoms with van der Waals surface area (Å²) in [7, 11) is 0. The van der Waals surface area contributed by atoms with E-state index >= 15 is 0 Å². The minimum atomic E-state index is -0.476. The topological polar surface area (TPSA) is 20.2 Å². The van der Waals surface area contributed by atoms with Crippen LogP contribution in [0.15, 0.2) is 41.9 Å². The maximum atomic E-state index is 9.81. The van der Waals surface area contributed by atoms with Gasteiger partial charge >= 0.3 is 0 Å². The van der Waals surface area contributed by atoms with Crippen LogP contribution in [0.5, 0.6) is 0 Å². The monoisotopic (exact) mass is 196 g/mol. The van der Waals surface area contributed by atoms with Gasteiger partial charge in [-0.2, -0.15) is 0 Å². The van der Waals surface area contributed by atoms with E-state index in [1.54, 1.807) is 6.08 Å². The second-order valence-corrected chi connectivity index (χ2v) is 3.29. The summed E-state index contributed by atoms with van der Waals surface area (Å²) in [5, 5.41) is 9.81. The summed E-state index contributed by atoms with van der Waals surface area (Å²) in [6, 6.07) is 9.57. The smallest absolute Gasteiger partial charge is 0.0850 e. The summed E-state index contributed by atoms with van der Waals surface area (Å²) in [5.41, 5.74) is 2.36. The highest BCUT2D eigenvalue weighted by atomic mass is 35.5. The lowest BCUT2D eigenvalue weighted by atomic mass is 9.98. The van der Waals surface area contributed by atoms with Crippen molar-refractivity contribution in [2.45, 2.75) is 13.0 Å². The number of hydrogen-bond acceptors (Lipinski definition) is 1. The van der Waals surface area contributed by atoms with Gasteiger partial charge in [0, 0.05) is 11.5 Å². The van der Waals surface area contributed by atoms with Gasteiger partial charge in [-0.1, -0.05) is 54.9 Å². The molecule has 0 saturated carbocycles. The van der Waals surface area contributed by atoms with Gasteiger partial charge in [0.1, 0.15) is 0 Å². The van der Waals surface area contributed by atoms with Crippen LogP contribution in [0.1, 0.15) is 18.6 Å². The SMILES string of the molecule is CC(/C=C\Cl)C(O)c1ccccc1. The van der Waals surface area contributed by atoms with Crippen LogP contribution in [0.3, 0.4) is 0 Å². The highest BCUT2D eigenvalue weighted by Gasteiger charge is 2.12. The zero-order valence-electron chi connectivity index (χ0n) is 7.52. The predicted octanol–water partition coefficient (Wildman–Crippen LogP) is 3.11. The lowest BCUT2D eigenvalue weighted by molar-refractivity contribution is 0.140. The van der Waals surface area contributed by atoms with Crippen molar-refractivity contribution in [2.24, 2.45) is 5.92 Å². The average Bonchev–Trinajstić information content (AvgIpc) is 2.18. The van der Waals surface area contributed by atoms with E-state index in [0.29, 0.717) is 0 Å². The summed E-state index contributed by atoms with van der Waals surface area (Å²) in [6.07, 6.45) is 1.30. The highest BCUT2D eigenvalue weighted by molar-refractivity contribution is 6.25. The van der Waals surface area contributed by atoms with E-state index < -0.39 is 6.10 Å². The molecule has 0 heterocycles. The first-order valence-electron chi connectivity index (χ1n) is 4.25. The summed E-state index contributed by atoms with van der Waals surface area (Å²) in [6.45, 7) is 1.93. The second-order valence-electron chi connectivity index (χ2n) is 3.03. The minimum Gasteiger partial charge on any atom is -0.388 e. The molecule has 2 heteroatoms. The molecule has 2 unspecified atom stereocenters. The van der Waals surface area contributed by atoms with Gasteiger partial charge < -0.3 is 5.11 Å². The second kappa shape index (κ2) is 5.05. The zero-order valence-corrected chi connectivity index (χ0v) is 8.28. The van der Waals surface area contributed by atoms with E-state index in [0.717, 1.165) is 5.56 Å². The molecule has 0 radical (unpaired) electrons. The first kappa shape index (κ1) is 10.3. The Hall–Kier alpha value is -0.790. The third-order valence-corrected chi connectivity index (χ3v) is 2.16. The van der Waals surface area contributed by atoms with E-state index in [2.05, 4.69) is 0 Å². The van der Waals surface area contributed by atoms with E-state index in [1.807, 2.05) is 37.3 Å². The quantitative estimate of drug-likeness (QED) is 0.788. The van der Waals surface area contributed by atoms with Crippen molar-refractivity contribution in [3.63, 3.8) is 0 Å². The molecule has 0 spiro atoms. The van der Waals surface area contributed by atoms with Gasteiger partial charge in [-0.05, 0) is 5.56 Å². The van der Waals surface area contributed by atoms with E-state index in [4.69, 9.17) is 11.6 Å². The van der Waals surface area contributed by atoms with E-state index in [1.165, 1.54) is 5.54 Å². The molecule has 70 valence electrons. The fraction of sp³-hybridized carbons (Fsp3) is 0.273. The Balaban J connectivity index is 2.73. The largest absolute Gasteiger partial charge is 0.388 e. The first-order valence-corrected chi connectivity index (χ1v) is 4.69.